The predicted octanol–water partition coefficient (Wildman–Crippen LogP) is 2.24. The molecule has 2 rings (SSSR count). The van der Waals surface area contributed by atoms with Gasteiger partial charge in [0.1, 0.15) is 0 Å². The van der Waals surface area contributed by atoms with Gasteiger partial charge in [-0.2, -0.15) is 4.39 Å². The average molecular weight is 225 g/mol. The van der Waals surface area contributed by atoms with Gasteiger partial charge >= 0.3 is 0 Å². The maximum absolute atomic E-state index is 13.5. The topological polar surface area (TPSA) is 42.4 Å². The fourth-order valence-corrected chi connectivity index (χ4v) is 1.53. The summed E-state index contributed by atoms with van der Waals surface area (Å²) in [6.07, 6.45) is 3.62. The van der Waals surface area contributed by atoms with Gasteiger partial charge in [-0.05, 0) is 38.7 Å². The molecule has 1 saturated carbocycles. The standard InChI is InChI=1S/C12H16FNO2/c1-12(2,15)9-5-6-14-11(13)10(9)16-7-8-3-4-8/h5-6,8,15H,3-4,7H2,1-2H3. The molecule has 3 nitrogen and oxygen atoms in total. The molecule has 1 aliphatic carbocycles. The zero-order valence-corrected chi connectivity index (χ0v) is 9.53. The molecule has 1 fully saturated rings. The molecule has 88 valence electrons. The van der Waals surface area contributed by atoms with Gasteiger partial charge in [0, 0.05) is 11.8 Å². The van der Waals surface area contributed by atoms with Gasteiger partial charge in [-0.3, -0.25) is 0 Å². The zero-order chi connectivity index (χ0) is 11.8. The van der Waals surface area contributed by atoms with Crippen LogP contribution in [0.1, 0.15) is 32.3 Å². The maximum Gasteiger partial charge on any atom is 0.255 e. The lowest BCUT2D eigenvalue weighted by molar-refractivity contribution is 0.0733. The van der Waals surface area contributed by atoms with Gasteiger partial charge in [-0.1, -0.05) is 0 Å². The lowest BCUT2D eigenvalue weighted by Gasteiger charge is -2.21. The lowest BCUT2D eigenvalue weighted by atomic mass is 9.99. The predicted molar refractivity (Wildman–Crippen MR) is 57.7 cm³/mol. The molecule has 4 heteroatoms. The van der Waals surface area contributed by atoms with Crippen molar-refractivity contribution >= 4 is 0 Å². The molecule has 1 aromatic rings. The highest BCUT2D eigenvalue weighted by molar-refractivity contribution is 5.35. The fourth-order valence-electron chi connectivity index (χ4n) is 1.53. The maximum atomic E-state index is 13.5. The number of ether oxygens (including phenoxy) is 1. The summed E-state index contributed by atoms with van der Waals surface area (Å²) in [5.41, 5.74) is -0.677. The summed E-state index contributed by atoms with van der Waals surface area (Å²) in [4.78, 5) is 3.55. The highest BCUT2D eigenvalue weighted by Gasteiger charge is 2.27. The first-order valence-corrected chi connectivity index (χ1v) is 5.48. The third-order valence-corrected chi connectivity index (χ3v) is 2.68. The normalized spacial score (nSPS) is 16.2. The van der Waals surface area contributed by atoms with E-state index in [9.17, 15) is 9.50 Å². The Morgan fingerprint density at radius 3 is 2.81 bits per heavy atom. The highest BCUT2D eigenvalue weighted by Crippen LogP contribution is 2.34. The Bertz CT molecular complexity index is 383. The zero-order valence-electron chi connectivity index (χ0n) is 9.53. The Labute approximate surface area is 94.3 Å². The monoisotopic (exact) mass is 225 g/mol. The summed E-state index contributed by atoms with van der Waals surface area (Å²) >= 11 is 0. The van der Waals surface area contributed by atoms with E-state index in [2.05, 4.69) is 4.98 Å². The van der Waals surface area contributed by atoms with E-state index in [0.29, 0.717) is 18.1 Å². The van der Waals surface area contributed by atoms with E-state index < -0.39 is 11.5 Å². The van der Waals surface area contributed by atoms with Crippen LogP contribution in [0.15, 0.2) is 12.3 Å². The van der Waals surface area contributed by atoms with Crippen molar-refractivity contribution in [1.29, 1.82) is 0 Å². The van der Waals surface area contributed by atoms with Crippen molar-refractivity contribution in [2.45, 2.75) is 32.3 Å². The van der Waals surface area contributed by atoms with Gasteiger partial charge in [-0.25, -0.2) is 4.98 Å². The first kappa shape index (κ1) is 11.3. The summed E-state index contributed by atoms with van der Waals surface area (Å²) in [7, 11) is 0. The Hall–Kier alpha value is -1.16. The number of aliphatic hydroxyl groups is 1. The van der Waals surface area contributed by atoms with Crippen LogP contribution in [0.25, 0.3) is 0 Å². The fraction of sp³-hybridized carbons (Fsp3) is 0.583. The Morgan fingerprint density at radius 2 is 2.25 bits per heavy atom. The van der Waals surface area contributed by atoms with Crippen LogP contribution < -0.4 is 4.74 Å². The van der Waals surface area contributed by atoms with Crippen molar-refractivity contribution in [1.82, 2.24) is 4.98 Å². The number of pyridine rings is 1. The van der Waals surface area contributed by atoms with Crippen LogP contribution in [-0.2, 0) is 5.60 Å². The second-order valence-corrected chi connectivity index (χ2v) is 4.79. The van der Waals surface area contributed by atoms with Crippen molar-refractivity contribution in [2.24, 2.45) is 5.92 Å². The van der Waals surface area contributed by atoms with E-state index in [1.165, 1.54) is 6.20 Å². The Morgan fingerprint density at radius 1 is 1.56 bits per heavy atom. The second-order valence-electron chi connectivity index (χ2n) is 4.79. The van der Waals surface area contributed by atoms with E-state index >= 15 is 0 Å². The molecule has 1 aromatic heterocycles. The van der Waals surface area contributed by atoms with Gasteiger partial charge in [-0.15, -0.1) is 0 Å². The molecule has 0 amide bonds. The van der Waals surface area contributed by atoms with Crippen LogP contribution >= 0.6 is 0 Å². The largest absolute Gasteiger partial charge is 0.488 e. The minimum Gasteiger partial charge on any atom is -0.488 e. The third-order valence-electron chi connectivity index (χ3n) is 2.68. The second kappa shape index (κ2) is 4.01. The summed E-state index contributed by atoms with van der Waals surface area (Å²) < 4.78 is 18.9. The molecule has 1 N–H and O–H groups in total. The number of hydrogen-bond acceptors (Lipinski definition) is 3. The van der Waals surface area contributed by atoms with E-state index in [4.69, 9.17) is 4.74 Å². The van der Waals surface area contributed by atoms with E-state index in [-0.39, 0.29) is 5.75 Å². The number of rotatable bonds is 4. The van der Waals surface area contributed by atoms with Gasteiger partial charge in [0.05, 0.1) is 12.2 Å². The van der Waals surface area contributed by atoms with E-state index in [0.717, 1.165) is 12.8 Å². The molecular weight excluding hydrogens is 209 g/mol. The van der Waals surface area contributed by atoms with Crippen molar-refractivity contribution < 1.29 is 14.2 Å². The quantitative estimate of drug-likeness (QED) is 0.799. The first-order valence-electron chi connectivity index (χ1n) is 5.48. The number of halogens is 1. The number of nitrogens with zero attached hydrogens (tertiary/aromatic N) is 1. The molecule has 16 heavy (non-hydrogen) atoms. The Balaban J connectivity index is 2.24. The van der Waals surface area contributed by atoms with Crippen LogP contribution in [0.3, 0.4) is 0 Å². The summed E-state index contributed by atoms with van der Waals surface area (Å²) in [5.74, 6) is -0.0311. The minimum atomic E-state index is -1.12. The van der Waals surface area contributed by atoms with Crippen LogP contribution in [0.2, 0.25) is 0 Å². The van der Waals surface area contributed by atoms with Crippen molar-refractivity contribution in [3.05, 3.63) is 23.8 Å². The molecule has 0 atom stereocenters. The van der Waals surface area contributed by atoms with Crippen LogP contribution in [0.4, 0.5) is 4.39 Å². The molecule has 0 saturated heterocycles. The third kappa shape index (κ3) is 2.50. The number of hydrogen-bond donors (Lipinski definition) is 1. The van der Waals surface area contributed by atoms with Gasteiger partial charge < -0.3 is 9.84 Å². The van der Waals surface area contributed by atoms with E-state index in [1.54, 1.807) is 19.9 Å². The summed E-state index contributed by atoms with van der Waals surface area (Å²) in [5, 5.41) is 9.90. The molecule has 0 bridgehead atoms. The van der Waals surface area contributed by atoms with Crippen LogP contribution in [0, 0.1) is 11.9 Å². The van der Waals surface area contributed by atoms with Crippen molar-refractivity contribution in [3.63, 3.8) is 0 Å². The van der Waals surface area contributed by atoms with Crippen molar-refractivity contribution in [3.8, 4) is 5.75 Å². The SMILES string of the molecule is CC(C)(O)c1ccnc(F)c1OCC1CC1. The lowest BCUT2D eigenvalue weighted by Crippen LogP contribution is -2.19. The minimum absolute atomic E-state index is 0.0851. The molecule has 0 spiro atoms. The van der Waals surface area contributed by atoms with Gasteiger partial charge in [0.2, 0.25) is 0 Å². The highest BCUT2D eigenvalue weighted by atomic mass is 19.1. The van der Waals surface area contributed by atoms with Crippen molar-refractivity contribution in [2.75, 3.05) is 6.61 Å². The Kier molecular flexibility index (Phi) is 2.84. The molecular formula is C12H16FNO2. The van der Waals surface area contributed by atoms with E-state index in [1.807, 2.05) is 0 Å². The molecule has 0 radical (unpaired) electrons. The molecule has 0 unspecified atom stereocenters. The molecule has 1 aliphatic rings. The van der Waals surface area contributed by atoms with Gasteiger partial charge in [0.15, 0.2) is 5.75 Å². The molecule has 0 aromatic carbocycles. The first-order chi connectivity index (χ1) is 7.48. The number of aromatic nitrogens is 1. The van der Waals surface area contributed by atoms with Gasteiger partial charge in [0.25, 0.3) is 5.95 Å². The average Bonchev–Trinajstić information content (AvgIpc) is 2.97. The smallest absolute Gasteiger partial charge is 0.255 e. The van der Waals surface area contributed by atoms with Crippen LogP contribution in [-0.4, -0.2) is 16.7 Å². The molecule has 0 aliphatic heterocycles. The summed E-state index contributed by atoms with van der Waals surface area (Å²) in [6.45, 7) is 3.71. The van der Waals surface area contributed by atoms with Crippen LogP contribution in [0.5, 0.6) is 5.75 Å². The molecule has 1 heterocycles. The summed E-state index contributed by atoms with van der Waals surface area (Å²) in [6, 6.07) is 1.59.